The molecule has 2 nitrogen and oxygen atoms in total. The fraction of sp³-hybridized carbons (Fsp3) is 0.0870. The molecular formula is C23H19ClN2. The van der Waals surface area contributed by atoms with Crippen LogP contribution in [0.5, 0.6) is 0 Å². The monoisotopic (exact) mass is 358 g/mol. The van der Waals surface area contributed by atoms with Crippen LogP contribution < -0.4 is 5.32 Å². The van der Waals surface area contributed by atoms with Crippen LogP contribution in [0.25, 0.3) is 22.0 Å². The van der Waals surface area contributed by atoms with Gasteiger partial charge in [-0.15, -0.1) is 0 Å². The molecule has 3 heteroatoms. The van der Waals surface area contributed by atoms with Gasteiger partial charge in [-0.1, -0.05) is 77.8 Å². The van der Waals surface area contributed by atoms with Gasteiger partial charge in [0.2, 0.25) is 0 Å². The molecule has 0 aliphatic rings. The molecule has 0 bridgehead atoms. The highest BCUT2D eigenvalue weighted by molar-refractivity contribution is 6.38. The van der Waals surface area contributed by atoms with Gasteiger partial charge in [0.1, 0.15) is 5.82 Å². The smallest absolute Gasteiger partial charge is 0.140 e. The van der Waals surface area contributed by atoms with Gasteiger partial charge in [0.25, 0.3) is 0 Å². The number of hydrogen-bond donors (Lipinski definition) is 1. The Balaban J connectivity index is 1.95. The number of nitrogens with one attached hydrogen (secondary N) is 1. The van der Waals surface area contributed by atoms with E-state index in [2.05, 4.69) is 49.5 Å². The highest BCUT2D eigenvalue weighted by Gasteiger charge is 2.16. The topological polar surface area (TPSA) is 24.9 Å². The Morgan fingerprint density at radius 1 is 0.846 bits per heavy atom. The first-order chi connectivity index (χ1) is 12.6. The summed E-state index contributed by atoms with van der Waals surface area (Å²) in [6.45, 7) is 4.19. The average molecular weight is 359 g/mol. The molecule has 4 rings (SSSR count). The molecule has 4 aromatic rings. The van der Waals surface area contributed by atoms with E-state index in [0.717, 1.165) is 33.5 Å². The lowest BCUT2D eigenvalue weighted by atomic mass is 10.0. The van der Waals surface area contributed by atoms with Gasteiger partial charge in [-0.25, -0.2) is 4.98 Å². The predicted molar refractivity (Wildman–Crippen MR) is 111 cm³/mol. The Labute approximate surface area is 158 Å². The molecule has 0 atom stereocenters. The molecule has 1 heterocycles. The summed E-state index contributed by atoms with van der Waals surface area (Å²) in [6.07, 6.45) is 0. The molecule has 3 aromatic carbocycles. The third-order valence-electron chi connectivity index (χ3n) is 4.53. The summed E-state index contributed by atoms with van der Waals surface area (Å²) in [5, 5.41) is 5.18. The average Bonchev–Trinajstić information content (AvgIpc) is 2.65. The van der Waals surface area contributed by atoms with Crippen LogP contribution in [0.1, 0.15) is 11.1 Å². The summed E-state index contributed by atoms with van der Waals surface area (Å²) in [6, 6.07) is 24.5. The van der Waals surface area contributed by atoms with E-state index in [1.54, 1.807) is 0 Å². The van der Waals surface area contributed by atoms with Gasteiger partial charge in [-0.2, -0.15) is 0 Å². The quantitative estimate of drug-likeness (QED) is 0.430. The molecule has 128 valence electrons. The molecule has 0 saturated heterocycles. The van der Waals surface area contributed by atoms with Gasteiger partial charge in [-0.05, 0) is 37.1 Å². The zero-order valence-corrected chi connectivity index (χ0v) is 15.5. The first-order valence-corrected chi connectivity index (χ1v) is 8.99. The second-order valence-electron chi connectivity index (χ2n) is 6.48. The molecule has 26 heavy (non-hydrogen) atoms. The molecule has 0 amide bonds. The van der Waals surface area contributed by atoms with Gasteiger partial charge in [-0.3, -0.25) is 0 Å². The van der Waals surface area contributed by atoms with Crippen molar-refractivity contribution in [3.05, 3.63) is 88.9 Å². The molecule has 0 aliphatic carbocycles. The number of aromatic nitrogens is 1. The van der Waals surface area contributed by atoms with Crippen LogP contribution in [0, 0.1) is 13.8 Å². The Hall–Kier alpha value is -2.84. The molecule has 0 unspecified atom stereocenters. The minimum Gasteiger partial charge on any atom is -0.339 e. The third-order valence-corrected chi connectivity index (χ3v) is 4.92. The fourth-order valence-corrected chi connectivity index (χ4v) is 3.57. The summed E-state index contributed by atoms with van der Waals surface area (Å²) in [5.41, 5.74) is 6.29. The second kappa shape index (κ2) is 6.81. The second-order valence-corrected chi connectivity index (χ2v) is 6.85. The molecule has 1 N–H and O–H groups in total. The van der Waals surface area contributed by atoms with Crippen LogP contribution in [0.2, 0.25) is 5.02 Å². The van der Waals surface area contributed by atoms with E-state index >= 15 is 0 Å². The molecular weight excluding hydrogens is 340 g/mol. The summed E-state index contributed by atoms with van der Waals surface area (Å²) >= 11 is 6.83. The lowest BCUT2D eigenvalue weighted by Crippen LogP contribution is -2.00. The highest BCUT2D eigenvalue weighted by atomic mass is 35.5. The van der Waals surface area contributed by atoms with Crippen LogP contribution in [0.15, 0.2) is 72.8 Å². The fourth-order valence-electron chi connectivity index (χ4n) is 3.21. The summed E-state index contributed by atoms with van der Waals surface area (Å²) in [5.74, 6) is 0.770. The van der Waals surface area contributed by atoms with Gasteiger partial charge in [0.15, 0.2) is 0 Å². The van der Waals surface area contributed by atoms with E-state index in [1.165, 1.54) is 11.1 Å². The van der Waals surface area contributed by atoms with Crippen molar-refractivity contribution in [2.24, 2.45) is 0 Å². The predicted octanol–water partition coefficient (Wildman–Crippen LogP) is 6.92. The Morgan fingerprint density at radius 3 is 2.35 bits per heavy atom. The van der Waals surface area contributed by atoms with Gasteiger partial charge < -0.3 is 5.32 Å². The number of nitrogens with zero attached hydrogens (tertiary/aromatic N) is 1. The summed E-state index contributed by atoms with van der Waals surface area (Å²) < 4.78 is 0. The first-order valence-electron chi connectivity index (χ1n) is 8.61. The van der Waals surface area contributed by atoms with Crippen LogP contribution in [0.4, 0.5) is 11.5 Å². The Bertz CT molecular complexity index is 1090. The van der Waals surface area contributed by atoms with Gasteiger partial charge in [0, 0.05) is 16.6 Å². The zero-order chi connectivity index (χ0) is 18.1. The maximum atomic E-state index is 6.83. The van der Waals surface area contributed by atoms with E-state index in [-0.39, 0.29) is 0 Å². The molecule has 1 aromatic heterocycles. The summed E-state index contributed by atoms with van der Waals surface area (Å²) in [4.78, 5) is 4.88. The Morgan fingerprint density at radius 2 is 1.58 bits per heavy atom. The Kier molecular flexibility index (Phi) is 4.36. The SMILES string of the molecule is Cc1ccc(Nc2nc3ccccc3c(Cl)c2-c2ccccc2)c(C)c1. The van der Waals surface area contributed by atoms with Gasteiger partial charge in [0.05, 0.1) is 10.5 Å². The molecule has 0 saturated carbocycles. The van der Waals surface area contributed by atoms with Crippen LogP contribution in [0.3, 0.4) is 0 Å². The number of rotatable bonds is 3. The molecule has 0 aliphatic heterocycles. The molecule has 0 fully saturated rings. The van der Waals surface area contributed by atoms with Crippen molar-refractivity contribution in [2.75, 3.05) is 5.32 Å². The lowest BCUT2D eigenvalue weighted by Gasteiger charge is -2.17. The number of para-hydroxylation sites is 1. The minimum absolute atomic E-state index is 0.717. The number of aryl methyl sites for hydroxylation is 2. The van der Waals surface area contributed by atoms with Crippen LogP contribution in [-0.2, 0) is 0 Å². The van der Waals surface area contributed by atoms with E-state index < -0.39 is 0 Å². The number of fused-ring (bicyclic) bond motifs is 1. The number of pyridine rings is 1. The van der Waals surface area contributed by atoms with E-state index in [1.807, 2.05) is 42.5 Å². The zero-order valence-electron chi connectivity index (χ0n) is 14.8. The number of hydrogen-bond acceptors (Lipinski definition) is 2. The van der Waals surface area contributed by atoms with Crippen LogP contribution in [-0.4, -0.2) is 4.98 Å². The largest absolute Gasteiger partial charge is 0.339 e. The van der Waals surface area contributed by atoms with Crippen molar-refractivity contribution in [2.45, 2.75) is 13.8 Å². The minimum atomic E-state index is 0.717. The lowest BCUT2D eigenvalue weighted by molar-refractivity contribution is 1.33. The highest BCUT2D eigenvalue weighted by Crippen LogP contribution is 2.39. The van der Waals surface area contributed by atoms with E-state index in [0.29, 0.717) is 5.02 Å². The van der Waals surface area contributed by atoms with Gasteiger partial charge >= 0.3 is 0 Å². The summed E-state index contributed by atoms with van der Waals surface area (Å²) in [7, 11) is 0. The number of halogens is 1. The molecule has 0 spiro atoms. The van der Waals surface area contributed by atoms with E-state index in [9.17, 15) is 0 Å². The van der Waals surface area contributed by atoms with E-state index in [4.69, 9.17) is 16.6 Å². The number of benzene rings is 3. The third kappa shape index (κ3) is 3.04. The van der Waals surface area contributed by atoms with Crippen molar-refractivity contribution in [3.63, 3.8) is 0 Å². The van der Waals surface area contributed by atoms with Crippen LogP contribution >= 0.6 is 11.6 Å². The van der Waals surface area contributed by atoms with Crippen molar-refractivity contribution in [1.29, 1.82) is 0 Å². The van der Waals surface area contributed by atoms with Crippen molar-refractivity contribution >= 4 is 34.0 Å². The molecule has 0 radical (unpaired) electrons. The first kappa shape index (κ1) is 16.6. The van der Waals surface area contributed by atoms with Crippen molar-refractivity contribution in [3.8, 4) is 11.1 Å². The standard InChI is InChI=1S/C23H19ClN2/c1-15-12-13-19(16(2)14-15)25-23-21(17-8-4-3-5-9-17)22(24)18-10-6-7-11-20(18)26-23/h3-14H,1-2H3,(H,25,26). The number of anilines is 2. The maximum absolute atomic E-state index is 6.83. The maximum Gasteiger partial charge on any atom is 0.140 e. The van der Waals surface area contributed by atoms with Crippen molar-refractivity contribution in [1.82, 2.24) is 4.98 Å². The normalized spacial score (nSPS) is 10.9. The van der Waals surface area contributed by atoms with Crippen molar-refractivity contribution < 1.29 is 0 Å².